The summed E-state index contributed by atoms with van der Waals surface area (Å²) in [4.78, 5) is 0. The second-order valence-electron chi connectivity index (χ2n) is 2.24. The molecule has 1 aliphatic heterocycles. The molecule has 0 bridgehead atoms. The van der Waals surface area contributed by atoms with Gasteiger partial charge < -0.3 is 15.0 Å². The van der Waals surface area contributed by atoms with E-state index in [4.69, 9.17) is 15.0 Å². The average Bonchev–Trinajstić information content (AvgIpc) is 2.17. The summed E-state index contributed by atoms with van der Waals surface area (Å²) in [7, 11) is -0.0263. The number of hydrogen-bond donors (Lipinski definition) is 1. The molecule has 52 valence electrons. The van der Waals surface area contributed by atoms with Crippen molar-refractivity contribution < 1.29 is 9.31 Å². The lowest BCUT2D eigenvalue weighted by atomic mass is 9.97. The van der Waals surface area contributed by atoms with Gasteiger partial charge in [-0.15, -0.1) is 0 Å². The van der Waals surface area contributed by atoms with Crippen LogP contribution in [0.4, 0.5) is 0 Å². The van der Waals surface area contributed by atoms with E-state index in [0.29, 0.717) is 13.2 Å². The van der Waals surface area contributed by atoms with Gasteiger partial charge in [0.1, 0.15) is 0 Å². The lowest BCUT2D eigenvalue weighted by Gasteiger charge is -2.04. The van der Waals surface area contributed by atoms with E-state index in [9.17, 15) is 0 Å². The molecule has 1 unspecified atom stereocenters. The summed E-state index contributed by atoms with van der Waals surface area (Å²) in [6.45, 7) is 3.29. The zero-order valence-corrected chi connectivity index (χ0v) is 5.67. The summed E-state index contributed by atoms with van der Waals surface area (Å²) in [5.41, 5.74) is 5.32. The molecule has 0 aromatic carbocycles. The number of hydrogen-bond acceptors (Lipinski definition) is 3. The maximum absolute atomic E-state index is 5.32. The van der Waals surface area contributed by atoms with Crippen molar-refractivity contribution in [2.45, 2.75) is 19.3 Å². The third kappa shape index (κ3) is 1.97. The van der Waals surface area contributed by atoms with Crippen molar-refractivity contribution in [3.63, 3.8) is 0 Å². The fourth-order valence-corrected chi connectivity index (χ4v) is 0.930. The zero-order chi connectivity index (χ0) is 6.69. The molecule has 1 fully saturated rings. The molecular formula is C5H12BNO2. The molecule has 0 aromatic heterocycles. The Hall–Kier alpha value is -0.0551. The van der Waals surface area contributed by atoms with Crippen LogP contribution in [0.5, 0.6) is 0 Å². The highest BCUT2D eigenvalue weighted by Crippen LogP contribution is 2.09. The van der Waals surface area contributed by atoms with E-state index < -0.39 is 0 Å². The second kappa shape index (κ2) is 3.20. The molecule has 1 atom stereocenters. The summed E-state index contributed by atoms with van der Waals surface area (Å²) in [5, 5.41) is 0. The summed E-state index contributed by atoms with van der Waals surface area (Å²) in [6.07, 6.45) is 1.15. The number of rotatable bonds is 2. The summed E-state index contributed by atoms with van der Waals surface area (Å²) < 4.78 is 10.4. The predicted octanol–water partition coefficient (Wildman–Crippen LogP) is -0.131. The van der Waals surface area contributed by atoms with E-state index in [1.807, 2.05) is 6.82 Å². The molecular weight excluding hydrogens is 117 g/mol. The van der Waals surface area contributed by atoms with E-state index in [2.05, 4.69) is 0 Å². The molecule has 9 heavy (non-hydrogen) atoms. The first-order valence-corrected chi connectivity index (χ1v) is 3.30. The van der Waals surface area contributed by atoms with Crippen molar-refractivity contribution in [1.29, 1.82) is 0 Å². The van der Waals surface area contributed by atoms with Crippen LogP contribution in [0.1, 0.15) is 6.42 Å². The van der Waals surface area contributed by atoms with Gasteiger partial charge in [-0.25, -0.2) is 0 Å². The van der Waals surface area contributed by atoms with Gasteiger partial charge in [0.15, 0.2) is 0 Å². The zero-order valence-electron chi connectivity index (χ0n) is 5.67. The quantitative estimate of drug-likeness (QED) is 0.528. The van der Waals surface area contributed by atoms with Gasteiger partial charge in [-0.05, 0) is 19.8 Å². The molecule has 4 heteroatoms. The highest BCUT2D eigenvalue weighted by Gasteiger charge is 2.25. The van der Waals surface area contributed by atoms with Gasteiger partial charge in [0.2, 0.25) is 0 Å². The molecule has 1 saturated heterocycles. The van der Waals surface area contributed by atoms with Gasteiger partial charge in [0, 0.05) is 0 Å². The first kappa shape index (κ1) is 7.06. The molecule has 0 saturated carbocycles. The molecule has 3 nitrogen and oxygen atoms in total. The van der Waals surface area contributed by atoms with E-state index in [0.717, 1.165) is 6.42 Å². The van der Waals surface area contributed by atoms with Crippen molar-refractivity contribution in [2.24, 2.45) is 5.73 Å². The maximum Gasteiger partial charge on any atom is 0.453 e. The normalized spacial score (nSPS) is 27.3. The monoisotopic (exact) mass is 129 g/mol. The second-order valence-corrected chi connectivity index (χ2v) is 2.24. The van der Waals surface area contributed by atoms with Crippen LogP contribution in [-0.2, 0) is 9.31 Å². The first-order chi connectivity index (χ1) is 4.33. The Kier molecular flexibility index (Phi) is 2.51. The molecule has 0 aliphatic carbocycles. The minimum absolute atomic E-state index is 0.0263. The summed E-state index contributed by atoms with van der Waals surface area (Å²) in [6, 6.07) is 0. The Morgan fingerprint density at radius 2 is 2.56 bits per heavy atom. The lowest BCUT2D eigenvalue weighted by Crippen LogP contribution is -2.17. The Balaban J connectivity index is 2.14. The summed E-state index contributed by atoms with van der Waals surface area (Å²) in [5.74, 6) is 0. The maximum atomic E-state index is 5.32. The predicted molar refractivity (Wildman–Crippen MR) is 36.1 cm³/mol. The van der Waals surface area contributed by atoms with Crippen LogP contribution in [0.3, 0.4) is 0 Å². The largest absolute Gasteiger partial charge is 0.453 e. The molecule has 0 aromatic rings. The van der Waals surface area contributed by atoms with Crippen LogP contribution in [0.2, 0.25) is 6.82 Å². The smallest absolute Gasteiger partial charge is 0.409 e. The topological polar surface area (TPSA) is 44.5 Å². The fourth-order valence-electron chi connectivity index (χ4n) is 0.930. The highest BCUT2D eigenvalue weighted by molar-refractivity contribution is 6.43. The van der Waals surface area contributed by atoms with E-state index >= 15 is 0 Å². The van der Waals surface area contributed by atoms with Gasteiger partial charge in [-0.2, -0.15) is 0 Å². The Morgan fingerprint density at radius 3 is 3.00 bits per heavy atom. The minimum atomic E-state index is -0.0263. The van der Waals surface area contributed by atoms with Crippen LogP contribution < -0.4 is 5.73 Å². The molecule has 0 radical (unpaired) electrons. The molecule has 0 spiro atoms. The minimum Gasteiger partial charge on any atom is -0.409 e. The van der Waals surface area contributed by atoms with Gasteiger partial charge in [-0.1, -0.05) is 0 Å². The molecule has 1 aliphatic rings. The number of nitrogens with two attached hydrogens (primary N) is 1. The Bertz CT molecular complexity index is 89.0. The fraction of sp³-hybridized carbons (Fsp3) is 1.00. The Morgan fingerprint density at radius 1 is 1.78 bits per heavy atom. The van der Waals surface area contributed by atoms with Crippen LogP contribution in [0, 0.1) is 0 Å². The Labute approximate surface area is 55.7 Å². The first-order valence-electron chi connectivity index (χ1n) is 3.30. The SMILES string of the molecule is CB1OCC(CCN)O1. The van der Waals surface area contributed by atoms with Crippen LogP contribution in [-0.4, -0.2) is 26.4 Å². The molecule has 0 amide bonds. The summed E-state index contributed by atoms with van der Waals surface area (Å²) >= 11 is 0. The van der Waals surface area contributed by atoms with Crippen molar-refractivity contribution in [3.05, 3.63) is 0 Å². The van der Waals surface area contributed by atoms with Crippen LogP contribution in [0.15, 0.2) is 0 Å². The molecule has 1 heterocycles. The molecule has 2 N–H and O–H groups in total. The van der Waals surface area contributed by atoms with Crippen molar-refractivity contribution in [1.82, 2.24) is 0 Å². The highest BCUT2D eigenvalue weighted by atomic mass is 16.6. The molecule has 1 rings (SSSR count). The van der Waals surface area contributed by atoms with E-state index in [1.165, 1.54) is 0 Å². The van der Waals surface area contributed by atoms with Crippen molar-refractivity contribution in [3.8, 4) is 0 Å². The van der Waals surface area contributed by atoms with Gasteiger partial charge in [0.05, 0.1) is 12.7 Å². The van der Waals surface area contributed by atoms with Gasteiger partial charge in [0.25, 0.3) is 0 Å². The van der Waals surface area contributed by atoms with Crippen LogP contribution >= 0.6 is 0 Å². The third-order valence-electron chi connectivity index (χ3n) is 1.39. The van der Waals surface area contributed by atoms with Crippen molar-refractivity contribution >= 4 is 7.12 Å². The standard InChI is InChI=1S/C5H12BNO2/c1-6-8-4-5(9-6)2-3-7/h5H,2-4,7H2,1H3. The lowest BCUT2D eigenvalue weighted by molar-refractivity contribution is 0.225. The van der Waals surface area contributed by atoms with E-state index in [1.54, 1.807) is 0 Å². The van der Waals surface area contributed by atoms with E-state index in [-0.39, 0.29) is 13.2 Å². The van der Waals surface area contributed by atoms with Crippen molar-refractivity contribution in [2.75, 3.05) is 13.2 Å². The van der Waals surface area contributed by atoms with Gasteiger partial charge >= 0.3 is 7.12 Å². The third-order valence-corrected chi connectivity index (χ3v) is 1.39. The van der Waals surface area contributed by atoms with Gasteiger partial charge in [-0.3, -0.25) is 0 Å². The van der Waals surface area contributed by atoms with Crippen LogP contribution in [0.25, 0.3) is 0 Å². The average molecular weight is 129 g/mol.